The van der Waals surface area contributed by atoms with Crippen LogP contribution in [0.3, 0.4) is 0 Å². The van der Waals surface area contributed by atoms with Gasteiger partial charge in [-0.3, -0.25) is 0 Å². The van der Waals surface area contributed by atoms with E-state index in [9.17, 15) is 9.59 Å². The molecule has 0 aliphatic rings. The number of carbonyl (C=O) groups excluding carboxylic acids is 1. The molecule has 144 valence electrons. The maximum Gasteiger partial charge on any atom is 0.345 e. The lowest BCUT2D eigenvalue weighted by molar-refractivity contribution is 0.0735. The maximum atomic E-state index is 12.8. The number of hydrogen-bond acceptors (Lipinski definition) is 4. The Balaban J connectivity index is 1.83. The van der Waals surface area contributed by atoms with E-state index in [2.05, 4.69) is 0 Å². The zero-order valence-electron chi connectivity index (χ0n) is 15.0. The van der Waals surface area contributed by atoms with Gasteiger partial charge in [0.15, 0.2) is 5.75 Å². The molecule has 29 heavy (non-hydrogen) atoms. The fourth-order valence-electron chi connectivity index (χ4n) is 3.03. The normalized spacial score (nSPS) is 10.8. The van der Waals surface area contributed by atoms with Gasteiger partial charge in [-0.25, -0.2) is 9.59 Å². The number of benzene rings is 3. The molecule has 0 spiro atoms. The number of esters is 1. The summed E-state index contributed by atoms with van der Waals surface area (Å²) in [5.41, 5.74) is 1.07. The summed E-state index contributed by atoms with van der Waals surface area (Å²) < 4.78 is 11.1. The van der Waals surface area contributed by atoms with E-state index in [1.807, 2.05) is 30.3 Å². The van der Waals surface area contributed by atoms with Gasteiger partial charge in [-0.05, 0) is 35.9 Å². The molecule has 0 bridgehead atoms. The average molecular weight is 425 g/mol. The van der Waals surface area contributed by atoms with Crippen molar-refractivity contribution < 1.29 is 13.9 Å². The predicted octanol–water partition coefficient (Wildman–Crippen LogP) is 5.91. The average Bonchev–Trinajstić information content (AvgIpc) is 2.71. The molecule has 0 aliphatic carbocycles. The van der Waals surface area contributed by atoms with Crippen LogP contribution >= 0.6 is 23.2 Å². The first-order valence-corrected chi connectivity index (χ1v) is 9.54. The molecule has 0 unspecified atom stereocenters. The molecule has 6 heteroatoms. The first-order chi connectivity index (χ1) is 14.0. The summed E-state index contributed by atoms with van der Waals surface area (Å²) >= 11 is 12.1. The molecule has 1 heterocycles. The van der Waals surface area contributed by atoms with Crippen LogP contribution in [-0.4, -0.2) is 5.97 Å². The second-order valence-corrected chi connectivity index (χ2v) is 7.21. The molecule has 0 N–H and O–H groups in total. The Bertz CT molecular complexity index is 1260. The largest absolute Gasteiger partial charge is 0.422 e. The minimum Gasteiger partial charge on any atom is -0.422 e. The molecule has 4 nitrogen and oxygen atoms in total. The monoisotopic (exact) mass is 424 g/mol. The quantitative estimate of drug-likeness (QED) is 0.301. The highest BCUT2D eigenvalue weighted by Crippen LogP contribution is 2.31. The van der Waals surface area contributed by atoms with E-state index in [0.29, 0.717) is 16.0 Å². The van der Waals surface area contributed by atoms with Crippen molar-refractivity contribution in [3.8, 4) is 5.75 Å². The van der Waals surface area contributed by atoms with Gasteiger partial charge < -0.3 is 9.15 Å². The lowest BCUT2D eigenvalue weighted by atomic mass is 10.0. The second-order valence-electron chi connectivity index (χ2n) is 6.37. The maximum absolute atomic E-state index is 12.8. The summed E-state index contributed by atoms with van der Waals surface area (Å²) in [7, 11) is 0. The molecule has 0 saturated carbocycles. The molecule has 0 saturated heterocycles. The number of carbonyl (C=O) groups is 1. The van der Waals surface area contributed by atoms with E-state index in [0.717, 1.165) is 5.56 Å². The van der Waals surface area contributed by atoms with Crippen LogP contribution < -0.4 is 10.4 Å². The molecular formula is C23H14Cl2O4. The Labute approximate surface area is 176 Å². The van der Waals surface area contributed by atoms with E-state index in [4.69, 9.17) is 32.4 Å². The predicted molar refractivity (Wildman–Crippen MR) is 113 cm³/mol. The van der Waals surface area contributed by atoms with Gasteiger partial charge in [0.05, 0.1) is 21.5 Å². The Morgan fingerprint density at radius 3 is 2.41 bits per heavy atom. The zero-order valence-corrected chi connectivity index (χ0v) is 16.5. The number of rotatable bonds is 4. The number of ether oxygens (including phenoxy) is 1. The Hall–Kier alpha value is -3.08. The van der Waals surface area contributed by atoms with Crippen molar-refractivity contribution in [1.29, 1.82) is 0 Å². The molecule has 4 rings (SSSR count). The summed E-state index contributed by atoms with van der Waals surface area (Å²) in [4.78, 5) is 25.5. The number of halogens is 2. The molecule has 0 amide bonds. The van der Waals surface area contributed by atoms with Crippen LogP contribution in [0.4, 0.5) is 0 Å². The topological polar surface area (TPSA) is 56.5 Å². The van der Waals surface area contributed by atoms with Gasteiger partial charge in [0.2, 0.25) is 0 Å². The third kappa shape index (κ3) is 4.04. The van der Waals surface area contributed by atoms with Gasteiger partial charge in [-0.2, -0.15) is 0 Å². The van der Waals surface area contributed by atoms with Crippen molar-refractivity contribution in [2.75, 3.05) is 0 Å². The van der Waals surface area contributed by atoms with E-state index < -0.39 is 11.6 Å². The zero-order chi connectivity index (χ0) is 20.4. The first-order valence-electron chi connectivity index (χ1n) is 8.79. The minimum atomic E-state index is -0.684. The summed E-state index contributed by atoms with van der Waals surface area (Å²) in [6, 6.07) is 20.8. The summed E-state index contributed by atoms with van der Waals surface area (Å²) in [5.74, 6) is -0.520. The molecule has 0 atom stereocenters. The Morgan fingerprint density at radius 1 is 0.931 bits per heavy atom. The van der Waals surface area contributed by atoms with Crippen LogP contribution in [0, 0.1) is 0 Å². The SMILES string of the molecule is O=C(Oc1c(Cc2ccccc2)c(=O)oc2ccccc12)c1ccc(Cl)cc1Cl. The molecular weight excluding hydrogens is 411 g/mol. The van der Waals surface area contributed by atoms with Crippen molar-refractivity contribution >= 4 is 40.1 Å². The van der Waals surface area contributed by atoms with Crippen molar-refractivity contribution in [2.24, 2.45) is 0 Å². The molecule has 0 radical (unpaired) electrons. The molecule has 3 aromatic carbocycles. The highest BCUT2D eigenvalue weighted by molar-refractivity contribution is 6.36. The standard InChI is InChI=1S/C23H14Cl2O4/c24-15-10-11-16(19(25)13-15)22(26)29-21-17-8-4-5-9-20(17)28-23(27)18(21)12-14-6-2-1-3-7-14/h1-11,13H,12H2. The molecule has 1 aromatic heterocycles. The van der Waals surface area contributed by atoms with Crippen molar-refractivity contribution in [3.05, 3.63) is 110 Å². The first kappa shape index (κ1) is 19.2. The van der Waals surface area contributed by atoms with Crippen LogP contribution in [0.5, 0.6) is 5.75 Å². The fraction of sp³-hybridized carbons (Fsp3) is 0.0435. The summed E-state index contributed by atoms with van der Waals surface area (Å²) in [5, 5.41) is 1.10. The highest BCUT2D eigenvalue weighted by atomic mass is 35.5. The van der Waals surface area contributed by atoms with Gasteiger partial charge in [-0.1, -0.05) is 65.7 Å². The van der Waals surface area contributed by atoms with Crippen LogP contribution in [-0.2, 0) is 6.42 Å². The van der Waals surface area contributed by atoms with Crippen LogP contribution in [0.15, 0.2) is 82.0 Å². The summed E-state index contributed by atoms with van der Waals surface area (Å²) in [6.07, 6.45) is 0.255. The molecule has 0 fully saturated rings. The van der Waals surface area contributed by atoms with Gasteiger partial charge in [0.25, 0.3) is 0 Å². The van der Waals surface area contributed by atoms with Gasteiger partial charge in [-0.15, -0.1) is 0 Å². The molecule has 4 aromatic rings. The molecule has 0 aliphatic heterocycles. The minimum absolute atomic E-state index is 0.152. The van der Waals surface area contributed by atoms with Crippen molar-refractivity contribution in [2.45, 2.75) is 6.42 Å². The third-order valence-corrected chi connectivity index (χ3v) is 4.97. The van der Waals surface area contributed by atoms with Crippen LogP contribution in [0.25, 0.3) is 11.0 Å². The van der Waals surface area contributed by atoms with Gasteiger partial charge >= 0.3 is 11.6 Å². The van der Waals surface area contributed by atoms with Gasteiger partial charge in [0.1, 0.15) is 5.58 Å². The number of hydrogen-bond donors (Lipinski definition) is 0. The lowest BCUT2D eigenvalue weighted by Gasteiger charge is -2.12. The van der Waals surface area contributed by atoms with E-state index in [1.165, 1.54) is 12.1 Å². The second kappa shape index (κ2) is 8.11. The van der Waals surface area contributed by atoms with E-state index >= 15 is 0 Å². The highest BCUT2D eigenvalue weighted by Gasteiger charge is 2.21. The van der Waals surface area contributed by atoms with Gasteiger partial charge in [0, 0.05) is 11.4 Å². The summed E-state index contributed by atoms with van der Waals surface area (Å²) in [6.45, 7) is 0. The smallest absolute Gasteiger partial charge is 0.345 e. The Kier molecular flexibility index (Phi) is 5.38. The van der Waals surface area contributed by atoms with Crippen LogP contribution in [0.2, 0.25) is 10.0 Å². The van der Waals surface area contributed by atoms with Crippen molar-refractivity contribution in [3.63, 3.8) is 0 Å². The lowest BCUT2D eigenvalue weighted by Crippen LogP contribution is -2.16. The fourth-order valence-corrected chi connectivity index (χ4v) is 3.52. The van der Waals surface area contributed by atoms with Crippen LogP contribution in [0.1, 0.15) is 21.5 Å². The third-order valence-electron chi connectivity index (χ3n) is 4.42. The number of para-hydroxylation sites is 1. The Morgan fingerprint density at radius 2 is 1.66 bits per heavy atom. The van der Waals surface area contributed by atoms with E-state index in [1.54, 1.807) is 30.3 Å². The van der Waals surface area contributed by atoms with E-state index in [-0.39, 0.29) is 28.3 Å². The van der Waals surface area contributed by atoms with Crippen molar-refractivity contribution in [1.82, 2.24) is 0 Å². The number of fused-ring (bicyclic) bond motifs is 1.